The standard InChI is InChI=1S/C23H30N4O3/c1-30-21-10-8-18(13-25-21)20(12-22(28)29)27-14-16(15-27)4-2-6-19-9-7-17-5-3-11-24-23(17)26-19/h7-10,13,16,20H,2-6,11-12,14-15H2,1H3,(H,24,26)(H,28,29). The fourth-order valence-electron chi connectivity index (χ4n) is 4.46. The van der Waals surface area contributed by atoms with Gasteiger partial charge in [0.2, 0.25) is 5.88 Å². The number of carboxylic acids is 1. The van der Waals surface area contributed by atoms with Crippen LogP contribution in [-0.2, 0) is 17.6 Å². The van der Waals surface area contributed by atoms with E-state index in [1.165, 1.54) is 12.0 Å². The molecule has 30 heavy (non-hydrogen) atoms. The molecule has 160 valence electrons. The van der Waals surface area contributed by atoms with E-state index in [0.717, 1.165) is 62.4 Å². The van der Waals surface area contributed by atoms with Gasteiger partial charge in [-0.3, -0.25) is 9.69 Å². The molecule has 0 aliphatic carbocycles. The van der Waals surface area contributed by atoms with Crippen LogP contribution >= 0.6 is 0 Å². The van der Waals surface area contributed by atoms with E-state index in [2.05, 4.69) is 27.3 Å². The highest BCUT2D eigenvalue weighted by atomic mass is 16.5. The number of pyridine rings is 2. The maximum Gasteiger partial charge on any atom is 0.305 e. The molecule has 7 heteroatoms. The molecule has 7 nitrogen and oxygen atoms in total. The molecule has 0 bridgehead atoms. The molecule has 4 heterocycles. The Kier molecular flexibility index (Phi) is 6.47. The molecular weight excluding hydrogens is 380 g/mol. The first kappa shape index (κ1) is 20.6. The van der Waals surface area contributed by atoms with Crippen LogP contribution in [0, 0.1) is 5.92 Å². The summed E-state index contributed by atoms with van der Waals surface area (Å²) in [5.41, 5.74) is 3.42. The normalized spacial score (nSPS) is 17.5. The van der Waals surface area contributed by atoms with Crippen LogP contribution in [0.25, 0.3) is 0 Å². The van der Waals surface area contributed by atoms with E-state index in [0.29, 0.717) is 11.8 Å². The van der Waals surface area contributed by atoms with Crippen LogP contribution in [0.5, 0.6) is 5.88 Å². The summed E-state index contributed by atoms with van der Waals surface area (Å²) < 4.78 is 5.11. The van der Waals surface area contributed by atoms with Crippen LogP contribution in [0.3, 0.4) is 0 Å². The molecule has 1 atom stereocenters. The summed E-state index contributed by atoms with van der Waals surface area (Å²) in [5, 5.41) is 12.8. The van der Waals surface area contributed by atoms with Crippen LogP contribution in [-0.4, -0.2) is 52.7 Å². The molecule has 0 spiro atoms. The Balaban J connectivity index is 1.26. The minimum absolute atomic E-state index is 0.0901. The van der Waals surface area contributed by atoms with E-state index in [-0.39, 0.29) is 12.5 Å². The van der Waals surface area contributed by atoms with Gasteiger partial charge < -0.3 is 15.2 Å². The number of carboxylic acid groups (broad SMARTS) is 1. The van der Waals surface area contributed by atoms with Gasteiger partial charge >= 0.3 is 5.97 Å². The molecule has 2 aromatic heterocycles. The number of rotatable bonds is 9. The summed E-state index contributed by atoms with van der Waals surface area (Å²) in [4.78, 5) is 22.7. The first-order valence-corrected chi connectivity index (χ1v) is 10.8. The highest BCUT2D eigenvalue weighted by Gasteiger charge is 2.34. The number of likely N-dealkylation sites (tertiary alicyclic amines) is 1. The third-order valence-corrected chi connectivity index (χ3v) is 6.14. The SMILES string of the molecule is COc1ccc(C(CC(=O)O)N2CC(CCCc3ccc4c(n3)NCCC4)C2)cn1. The third kappa shape index (κ3) is 4.90. The van der Waals surface area contributed by atoms with Crippen molar-refractivity contribution in [2.24, 2.45) is 5.92 Å². The second-order valence-electron chi connectivity index (χ2n) is 8.30. The Morgan fingerprint density at radius 1 is 1.33 bits per heavy atom. The Morgan fingerprint density at radius 2 is 2.20 bits per heavy atom. The molecule has 2 aliphatic heterocycles. The van der Waals surface area contributed by atoms with E-state index in [4.69, 9.17) is 9.72 Å². The summed E-state index contributed by atoms with van der Waals surface area (Å²) >= 11 is 0. The van der Waals surface area contributed by atoms with Gasteiger partial charge in [0, 0.05) is 43.6 Å². The van der Waals surface area contributed by atoms with Gasteiger partial charge in [-0.05, 0) is 55.2 Å². The summed E-state index contributed by atoms with van der Waals surface area (Å²) in [6.45, 7) is 2.88. The fraction of sp³-hybridized carbons (Fsp3) is 0.522. The van der Waals surface area contributed by atoms with Gasteiger partial charge in [-0.15, -0.1) is 0 Å². The molecule has 4 rings (SSSR count). The van der Waals surface area contributed by atoms with Gasteiger partial charge in [0.05, 0.1) is 13.5 Å². The number of aromatic nitrogens is 2. The Morgan fingerprint density at radius 3 is 2.93 bits per heavy atom. The Hall–Kier alpha value is -2.67. The Bertz CT molecular complexity index is 865. The highest BCUT2D eigenvalue weighted by molar-refractivity contribution is 5.68. The zero-order valence-corrected chi connectivity index (χ0v) is 17.5. The molecular formula is C23H30N4O3. The summed E-state index contributed by atoms with van der Waals surface area (Å²) in [5.74, 6) is 1.44. The molecule has 0 amide bonds. The zero-order valence-electron chi connectivity index (χ0n) is 17.5. The lowest BCUT2D eigenvalue weighted by atomic mass is 9.89. The number of methoxy groups -OCH3 is 1. The molecule has 0 aromatic carbocycles. The lowest BCUT2D eigenvalue weighted by Crippen LogP contribution is -2.48. The van der Waals surface area contributed by atoms with Gasteiger partial charge in [0.1, 0.15) is 5.82 Å². The van der Waals surface area contributed by atoms with Crippen molar-refractivity contribution in [2.45, 2.75) is 44.6 Å². The average Bonchev–Trinajstić information content (AvgIpc) is 2.74. The minimum atomic E-state index is -0.786. The number of fused-ring (bicyclic) bond motifs is 1. The number of carbonyl (C=O) groups is 1. The zero-order chi connectivity index (χ0) is 20.9. The van der Waals surface area contributed by atoms with Gasteiger partial charge in [-0.1, -0.05) is 12.1 Å². The molecule has 2 N–H and O–H groups in total. The average molecular weight is 411 g/mol. The van der Waals surface area contributed by atoms with Crippen molar-refractivity contribution < 1.29 is 14.6 Å². The van der Waals surface area contributed by atoms with Gasteiger partial charge in [-0.25, -0.2) is 9.97 Å². The number of hydrogen-bond donors (Lipinski definition) is 2. The summed E-state index contributed by atoms with van der Waals surface area (Å²) in [6.07, 6.45) is 7.37. The number of ether oxygens (including phenoxy) is 1. The second kappa shape index (κ2) is 9.43. The fourth-order valence-corrected chi connectivity index (χ4v) is 4.46. The first-order chi connectivity index (χ1) is 14.6. The highest BCUT2D eigenvalue weighted by Crippen LogP contribution is 2.33. The predicted octanol–water partition coefficient (Wildman–Crippen LogP) is 3.31. The van der Waals surface area contributed by atoms with E-state index >= 15 is 0 Å². The molecule has 0 saturated carbocycles. The predicted molar refractivity (Wildman–Crippen MR) is 115 cm³/mol. The van der Waals surface area contributed by atoms with Gasteiger partial charge in [0.15, 0.2) is 0 Å². The smallest absolute Gasteiger partial charge is 0.305 e. The van der Waals surface area contributed by atoms with Crippen LogP contribution in [0.1, 0.15) is 48.5 Å². The lowest BCUT2D eigenvalue weighted by molar-refractivity contribution is -0.139. The number of aryl methyl sites for hydroxylation is 2. The molecule has 0 radical (unpaired) electrons. The minimum Gasteiger partial charge on any atom is -0.481 e. The molecule has 2 aromatic rings. The first-order valence-electron chi connectivity index (χ1n) is 10.8. The van der Waals surface area contributed by atoms with Crippen molar-refractivity contribution in [1.29, 1.82) is 0 Å². The quantitative estimate of drug-likeness (QED) is 0.656. The number of nitrogens with zero attached hydrogens (tertiary/aromatic N) is 3. The Labute approximate surface area is 177 Å². The van der Waals surface area contributed by atoms with E-state index < -0.39 is 5.97 Å². The topological polar surface area (TPSA) is 87.6 Å². The monoisotopic (exact) mass is 410 g/mol. The van der Waals surface area contributed by atoms with E-state index in [9.17, 15) is 9.90 Å². The van der Waals surface area contributed by atoms with Gasteiger partial charge in [-0.2, -0.15) is 0 Å². The molecule has 1 unspecified atom stereocenters. The number of nitrogens with one attached hydrogen (secondary N) is 1. The van der Waals surface area contributed by atoms with Crippen LogP contribution in [0.2, 0.25) is 0 Å². The maximum atomic E-state index is 11.4. The largest absolute Gasteiger partial charge is 0.481 e. The molecule has 1 saturated heterocycles. The second-order valence-corrected chi connectivity index (χ2v) is 8.30. The number of anilines is 1. The van der Waals surface area contributed by atoms with Crippen LogP contribution in [0.4, 0.5) is 5.82 Å². The summed E-state index contributed by atoms with van der Waals surface area (Å²) in [7, 11) is 1.58. The molecule has 2 aliphatic rings. The molecule has 1 fully saturated rings. The van der Waals surface area contributed by atoms with Crippen molar-refractivity contribution in [1.82, 2.24) is 14.9 Å². The van der Waals surface area contributed by atoms with Crippen molar-refractivity contribution in [3.8, 4) is 5.88 Å². The van der Waals surface area contributed by atoms with Gasteiger partial charge in [0.25, 0.3) is 0 Å². The van der Waals surface area contributed by atoms with E-state index in [1.807, 2.05) is 6.07 Å². The van der Waals surface area contributed by atoms with Crippen molar-refractivity contribution >= 4 is 11.8 Å². The van der Waals surface area contributed by atoms with E-state index in [1.54, 1.807) is 19.4 Å². The van der Waals surface area contributed by atoms with Crippen LogP contribution in [0.15, 0.2) is 30.5 Å². The van der Waals surface area contributed by atoms with Crippen molar-refractivity contribution in [3.05, 3.63) is 47.3 Å². The number of hydrogen-bond acceptors (Lipinski definition) is 6. The number of aliphatic carboxylic acids is 1. The van der Waals surface area contributed by atoms with Crippen molar-refractivity contribution in [3.63, 3.8) is 0 Å². The van der Waals surface area contributed by atoms with Crippen LogP contribution < -0.4 is 10.1 Å². The van der Waals surface area contributed by atoms with Crippen molar-refractivity contribution in [2.75, 3.05) is 32.1 Å². The maximum absolute atomic E-state index is 11.4. The summed E-state index contributed by atoms with van der Waals surface area (Å²) in [6, 6.07) is 7.96. The lowest BCUT2D eigenvalue weighted by Gasteiger charge is -2.44. The third-order valence-electron chi connectivity index (χ3n) is 6.14.